The summed E-state index contributed by atoms with van der Waals surface area (Å²) in [6.45, 7) is 3.03. The molecule has 0 saturated heterocycles. The Morgan fingerprint density at radius 2 is 2.14 bits per heavy atom. The molecular formula is C17H21NO2S. The SMILES string of the molecule is COc1ccccc1C=CCNCC(C)(O)c1ccsc1. The van der Waals surface area contributed by atoms with Crippen molar-refractivity contribution < 1.29 is 9.84 Å². The number of methoxy groups -OCH3 is 1. The van der Waals surface area contributed by atoms with E-state index in [1.807, 2.05) is 60.2 Å². The van der Waals surface area contributed by atoms with Crippen molar-refractivity contribution in [2.24, 2.45) is 0 Å². The van der Waals surface area contributed by atoms with E-state index in [1.165, 1.54) is 0 Å². The molecular weight excluding hydrogens is 282 g/mol. The summed E-state index contributed by atoms with van der Waals surface area (Å²) in [5, 5.41) is 17.6. The number of thiophene rings is 1. The van der Waals surface area contributed by atoms with Gasteiger partial charge in [0.2, 0.25) is 0 Å². The number of aliphatic hydroxyl groups is 1. The van der Waals surface area contributed by atoms with Gasteiger partial charge in [0.15, 0.2) is 0 Å². The summed E-state index contributed by atoms with van der Waals surface area (Å²) in [7, 11) is 1.67. The lowest BCUT2D eigenvalue weighted by atomic mass is 9.99. The van der Waals surface area contributed by atoms with Crippen LogP contribution in [0.3, 0.4) is 0 Å². The summed E-state index contributed by atoms with van der Waals surface area (Å²) in [5.74, 6) is 0.860. The minimum atomic E-state index is -0.835. The third kappa shape index (κ3) is 4.43. The highest BCUT2D eigenvalue weighted by Gasteiger charge is 2.22. The molecule has 1 heterocycles. The van der Waals surface area contributed by atoms with E-state index < -0.39 is 5.60 Å². The highest BCUT2D eigenvalue weighted by Crippen LogP contribution is 2.22. The minimum absolute atomic E-state index is 0.514. The molecule has 1 aromatic heterocycles. The van der Waals surface area contributed by atoms with Gasteiger partial charge in [-0.2, -0.15) is 11.3 Å². The molecule has 0 radical (unpaired) electrons. The van der Waals surface area contributed by atoms with Crippen LogP contribution in [-0.2, 0) is 5.60 Å². The van der Waals surface area contributed by atoms with Crippen LogP contribution in [0.15, 0.2) is 47.2 Å². The van der Waals surface area contributed by atoms with Crippen LogP contribution in [0.5, 0.6) is 5.75 Å². The molecule has 1 atom stereocenters. The first-order valence-corrected chi connectivity index (χ1v) is 7.83. The Kier molecular flexibility index (Phi) is 5.56. The fourth-order valence-corrected chi connectivity index (χ4v) is 2.84. The largest absolute Gasteiger partial charge is 0.496 e. The van der Waals surface area contributed by atoms with E-state index >= 15 is 0 Å². The van der Waals surface area contributed by atoms with Crippen LogP contribution in [-0.4, -0.2) is 25.3 Å². The van der Waals surface area contributed by atoms with Gasteiger partial charge in [-0.3, -0.25) is 0 Å². The predicted octanol–water partition coefficient (Wildman–Crippen LogP) is 3.27. The van der Waals surface area contributed by atoms with E-state index in [2.05, 4.69) is 5.32 Å². The first-order valence-electron chi connectivity index (χ1n) is 6.89. The molecule has 4 heteroatoms. The van der Waals surface area contributed by atoms with E-state index in [9.17, 15) is 5.11 Å². The van der Waals surface area contributed by atoms with Crippen molar-refractivity contribution in [3.05, 3.63) is 58.3 Å². The van der Waals surface area contributed by atoms with Crippen LogP contribution < -0.4 is 10.1 Å². The second kappa shape index (κ2) is 7.41. The van der Waals surface area contributed by atoms with Gasteiger partial charge >= 0.3 is 0 Å². The topological polar surface area (TPSA) is 41.5 Å². The molecule has 2 N–H and O–H groups in total. The molecule has 2 aromatic rings. The lowest BCUT2D eigenvalue weighted by molar-refractivity contribution is 0.0585. The van der Waals surface area contributed by atoms with Gasteiger partial charge in [0, 0.05) is 18.7 Å². The monoisotopic (exact) mass is 303 g/mol. The molecule has 3 nitrogen and oxygen atoms in total. The average Bonchev–Trinajstić information content (AvgIpc) is 3.02. The Balaban J connectivity index is 1.83. The van der Waals surface area contributed by atoms with Gasteiger partial charge in [0.1, 0.15) is 5.75 Å². The summed E-state index contributed by atoms with van der Waals surface area (Å²) >= 11 is 1.60. The highest BCUT2D eigenvalue weighted by molar-refractivity contribution is 7.08. The third-order valence-electron chi connectivity index (χ3n) is 3.31. The maximum Gasteiger partial charge on any atom is 0.126 e. The molecule has 112 valence electrons. The van der Waals surface area contributed by atoms with Crippen LogP contribution in [0.2, 0.25) is 0 Å². The number of para-hydroxylation sites is 1. The number of rotatable bonds is 7. The first kappa shape index (κ1) is 15.8. The summed E-state index contributed by atoms with van der Waals surface area (Å²) in [4.78, 5) is 0. The molecule has 0 aliphatic rings. The fourth-order valence-electron chi connectivity index (χ4n) is 2.06. The lowest BCUT2D eigenvalue weighted by Gasteiger charge is -2.22. The summed E-state index contributed by atoms with van der Waals surface area (Å²) in [6.07, 6.45) is 4.05. The summed E-state index contributed by atoms with van der Waals surface area (Å²) in [5.41, 5.74) is 1.17. The smallest absolute Gasteiger partial charge is 0.126 e. The van der Waals surface area contributed by atoms with Crippen molar-refractivity contribution in [2.45, 2.75) is 12.5 Å². The summed E-state index contributed by atoms with van der Waals surface area (Å²) in [6, 6.07) is 9.84. The van der Waals surface area contributed by atoms with Gasteiger partial charge < -0.3 is 15.2 Å². The first-order chi connectivity index (χ1) is 10.1. The molecule has 1 unspecified atom stereocenters. The van der Waals surface area contributed by atoms with Gasteiger partial charge in [0.05, 0.1) is 12.7 Å². The molecule has 1 aromatic carbocycles. The van der Waals surface area contributed by atoms with Crippen LogP contribution in [0.25, 0.3) is 6.08 Å². The van der Waals surface area contributed by atoms with Crippen molar-refractivity contribution in [1.29, 1.82) is 0 Å². The van der Waals surface area contributed by atoms with Crippen molar-refractivity contribution in [2.75, 3.05) is 20.2 Å². The van der Waals surface area contributed by atoms with Crippen LogP contribution in [0.1, 0.15) is 18.1 Å². The molecule has 0 amide bonds. The molecule has 0 spiro atoms. The number of ether oxygens (including phenoxy) is 1. The maximum absolute atomic E-state index is 10.4. The highest BCUT2D eigenvalue weighted by atomic mass is 32.1. The van der Waals surface area contributed by atoms with Gasteiger partial charge in [-0.15, -0.1) is 0 Å². The normalized spacial score (nSPS) is 14.2. The molecule has 0 saturated carbocycles. The second-order valence-electron chi connectivity index (χ2n) is 5.06. The summed E-state index contributed by atoms with van der Waals surface area (Å²) < 4.78 is 5.30. The minimum Gasteiger partial charge on any atom is -0.496 e. The standard InChI is InChI=1S/C17H21NO2S/c1-17(19,15-9-11-21-12-15)13-18-10-5-7-14-6-3-4-8-16(14)20-2/h3-9,11-12,18-19H,10,13H2,1-2H3. The number of hydrogen-bond acceptors (Lipinski definition) is 4. The van der Waals surface area contributed by atoms with E-state index in [0.717, 1.165) is 16.9 Å². The Hall–Kier alpha value is -1.62. The van der Waals surface area contributed by atoms with Crippen LogP contribution >= 0.6 is 11.3 Å². The van der Waals surface area contributed by atoms with Crippen molar-refractivity contribution in [1.82, 2.24) is 5.32 Å². The van der Waals surface area contributed by atoms with E-state index in [-0.39, 0.29) is 0 Å². The molecule has 21 heavy (non-hydrogen) atoms. The van der Waals surface area contributed by atoms with E-state index in [1.54, 1.807) is 18.4 Å². The van der Waals surface area contributed by atoms with Crippen molar-refractivity contribution in [3.8, 4) is 5.75 Å². The third-order valence-corrected chi connectivity index (χ3v) is 3.99. The number of nitrogens with one attached hydrogen (secondary N) is 1. The van der Waals surface area contributed by atoms with Gasteiger partial charge in [-0.25, -0.2) is 0 Å². The Bertz CT molecular complexity index is 576. The van der Waals surface area contributed by atoms with Crippen molar-refractivity contribution >= 4 is 17.4 Å². The molecule has 0 bridgehead atoms. The molecule has 0 aliphatic carbocycles. The van der Waals surface area contributed by atoms with E-state index in [4.69, 9.17) is 4.74 Å². The number of benzene rings is 1. The lowest BCUT2D eigenvalue weighted by Crippen LogP contribution is -2.35. The molecule has 0 fully saturated rings. The van der Waals surface area contributed by atoms with Gasteiger partial charge in [-0.05, 0) is 35.4 Å². The quantitative estimate of drug-likeness (QED) is 0.771. The molecule has 0 aliphatic heterocycles. The maximum atomic E-state index is 10.4. The van der Waals surface area contributed by atoms with Crippen molar-refractivity contribution in [3.63, 3.8) is 0 Å². The van der Waals surface area contributed by atoms with Crippen LogP contribution in [0.4, 0.5) is 0 Å². The Morgan fingerprint density at radius 1 is 1.33 bits per heavy atom. The zero-order valence-corrected chi connectivity index (χ0v) is 13.2. The van der Waals surface area contributed by atoms with Gasteiger partial charge in [-0.1, -0.05) is 30.4 Å². The van der Waals surface area contributed by atoms with Gasteiger partial charge in [0.25, 0.3) is 0 Å². The predicted molar refractivity (Wildman–Crippen MR) is 88.8 cm³/mol. The zero-order chi connectivity index (χ0) is 15.1. The van der Waals surface area contributed by atoms with E-state index in [0.29, 0.717) is 13.1 Å². The Morgan fingerprint density at radius 3 is 2.86 bits per heavy atom. The average molecular weight is 303 g/mol. The zero-order valence-electron chi connectivity index (χ0n) is 12.4. The van der Waals surface area contributed by atoms with Crippen LogP contribution in [0, 0.1) is 0 Å². The number of hydrogen-bond donors (Lipinski definition) is 2. The fraction of sp³-hybridized carbons (Fsp3) is 0.294. The second-order valence-corrected chi connectivity index (χ2v) is 5.84. The molecule has 2 rings (SSSR count). The Labute approximate surface area is 129 Å².